The maximum Gasteiger partial charge on any atom is 0.236 e. The van der Waals surface area contributed by atoms with E-state index in [9.17, 15) is 4.79 Å². The van der Waals surface area contributed by atoms with Crippen LogP contribution in [0.15, 0.2) is 30.3 Å². The van der Waals surface area contributed by atoms with Crippen molar-refractivity contribution in [1.29, 1.82) is 0 Å². The molecular formula is C20H30N2O2S. The lowest BCUT2D eigenvalue weighted by Crippen LogP contribution is -2.42. The van der Waals surface area contributed by atoms with Crippen LogP contribution in [0, 0.1) is 5.92 Å². The van der Waals surface area contributed by atoms with E-state index in [4.69, 9.17) is 4.74 Å². The van der Waals surface area contributed by atoms with Crippen LogP contribution in [0.2, 0.25) is 0 Å². The number of nitrogens with zero attached hydrogens (tertiary/aromatic N) is 2. The van der Waals surface area contributed by atoms with Crippen LogP contribution in [0.1, 0.15) is 25.8 Å². The minimum atomic E-state index is 0.0796. The molecule has 0 N–H and O–H groups in total. The van der Waals surface area contributed by atoms with E-state index in [1.165, 1.54) is 17.7 Å². The van der Waals surface area contributed by atoms with Crippen molar-refractivity contribution in [2.24, 2.45) is 5.92 Å². The molecule has 3 rings (SSSR count). The van der Waals surface area contributed by atoms with E-state index in [0.29, 0.717) is 31.7 Å². The average Bonchev–Trinajstić information content (AvgIpc) is 3.08. The Bertz CT molecular complexity index is 546. The van der Waals surface area contributed by atoms with Gasteiger partial charge in [-0.25, -0.2) is 0 Å². The Morgan fingerprint density at radius 1 is 1.24 bits per heavy atom. The summed E-state index contributed by atoms with van der Waals surface area (Å²) in [4.78, 5) is 17.1. The third-order valence-electron chi connectivity index (χ3n) is 4.89. The molecule has 1 aromatic rings. The number of carbonyl (C=O) groups is 1. The van der Waals surface area contributed by atoms with Crippen molar-refractivity contribution < 1.29 is 9.53 Å². The second-order valence-corrected chi connectivity index (χ2v) is 8.71. The summed E-state index contributed by atoms with van der Waals surface area (Å²) in [5.41, 5.74) is 1.19. The van der Waals surface area contributed by atoms with Crippen molar-refractivity contribution in [1.82, 2.24) is 9.80 Å². The lowest BCUT2D eigenvalue weighted by molar-refractivity contribution is -0.132. The summed E-state index contributed by atoms with van der Waals surface area (Å²) in [5.74, 6) is 3.09. The highest BCUT2D eigenvalue weighted by molar-refractivity contribution is 7.99. The molecule has 1 aromatic carbocycles. The van der Waals surface area contributed by atoms with Crippen LogP contribution in [0.4, 0.5) is 0 Å². The van der Waals surface area contributed by atoms with Crippen molar-refractivity contribution in [2.45, 2.75) is 39.0 Å². The maximum atomic E-state index is 12.8. The summed E-state index contributed by atoms with van der Waals surface area (Å²) in [7, 11) is 0. The van der Waals surface area contributed by atoms with Crippen molar-refractivity contribution >= 4 is 17.7 Å². The van der Waals surface area contributed by atoms with Crippen molar-refractivity contribution in [3.05, 3.63) is 35.9 Å². The molecule has 1 amide bonds. The van der Waals surface area contributed by atoms with E-state index in [2.05, 4.69) is 30.9 Å². The number of rotatable bonds is 6. The first kappa shape index (κ1) is 18.7. The number of thioether (sulfide) groups is 1. The Kier molecular flexibility index (Phi) is 6.79. The topological polar surface area (TPSA) is 32.8 Å². The number of amides is 1. The number of hydrogen-bond acceptors (Lipinski definition) is 4. The van der Waals surface area contributed by atoms with Crippen LogP contribution >= 0.6 is 11.8 Å². The Hall–Kier alpha value is -1.04. The highest BCUT2D eigenvalue weighted by atomic mass is 32.2. The zero-order valence-corrected chi connectivity index (χ0v) is 16.2. The van der Waals surface area contributed by atoms with Gasteiger partial charge >= 0.3 is 0 Å². The Morgan fingerprint density at radius 3 is 2.72 bits per heavy atom. The van der Waals surface area contributed by atoms with E-state index in [1.54, 1.807) is 0 Å². The zero-order valence-electron chi connectivity index (χ0n) is 15.4. The van der Waals surface area contributed by atoms with Crippen LogP contribution in [-0.2, 0) is 16.1 Å². The van der Waals surface area contributed by atoms with E-state index in [1.807, 2.05) is 34.9 Å². The summed E-state index contributed by atoms with van der Waals surface area (Å²) in [5, 5.41) is 0. The molecule has 2 aliphatic rings. The third-order valence-corrected chi connectivity index (χ3v) is 6.03. The van der Waals surface area contributed by atoms with Gasteiger partial charge in [0, 0.05) is 31.4 Å². The monoisotopic (exact) mass is 362 g/mol. The zero-order chi connectivity index (χ0) is 17.6. The van der Waals surface area contributed by atoms with Crippen molar-refractivity contribution in [2.75, 3.05) is 37.7 Å². The fourth-order valence-electron chi connectivity index (χ4n) is 3.60. The van der Waals surface area contributed by atoms with Gasteiger partial charge in [-0.15, -0.1) is 0 Å². The first-order valence-corrected chi connectivity index (χ1v) is 10.5. The molecule has 5 heteroatoms. The molecule has 0 unspecified atom stereocenters. The van der Waals surface area contributed by atoms with Crippen LogP contribution < -0.4 is 0 Å². The molecule has 2 atom stereocenters. The molecule has 138 valence electrons. The van der Waals surface area contributed by atoms with Gasteiger partial charge < -0.3 is 9.64 Å². The first-order valence-electron chi connectivity index (χ1n) is 9.37. The molecular weight excluding hydrogens is 332 g/mol. The summed E-state index contributed by atoms with van der Waals surface area (Å²) in [6.45, 7) is 7.88. The quantitative estimate of drug-likeness (QED) is 0.779. The molecule has 0 radical (unpaired) electrons. The minimum absolute atomic E-state index is 0.0796. The smallest absolute Gasteiger partial charge is 0.236 e. The number of benzene rings is 1. The van der Waals surface area contributed by atoms with Gasteiger partial charge in [0.25, 0.3) is 0 Å². The molecule has 0 spiro atoms. The highest BCUT2D eigenvalue weighted by Crippen LogP contribution is 2.24. The highest BCUT2D eigenvalue weighted by Gasteiger charge is 2.33. The third kappa shape index (κ3) is 5.47. The molecule has 0 bridgehead atoms. The fourth-order valence-corrected chi connectivity index (χ4v) is 4.86. The number of ether oxygens (including phenoxy) is 1. The Balaban J connectivity index is 1.67. The predicted octanol–water partition coefficient (Wildman–Crippen LogP) is 2.88. The minimum Gasteiger partial charge on any atom is -0.370 e. The largest absolute Gasteiger partial charge is 0.370 e. The molecule has 0 aromatic heterocycles. The van der Waals surface area contributed by atoms with Gasteiger partial charge in [-0.3, -0.25) is 9.69 Å². The van der Waals surface area contributed by atoms with Crippen LogP contribution in [0.5, 0.6) is 0 Å². The Labute approximate surface area is 155 Å². The lowest BCUT2D eigenvalue weighted by Gasteiger charge is -2.28. The van der Waals surface area contributed by atoms with Gasteiger partial charge in [-0.1, -0.05) is 44.2 Å². The Morgan fingerprint density at radius 2 is 2.04 bits per heavy atom. The summed E-state index contributed by atoms with van der Waals surface area (Å²) in [6.07, 6.45) is 1.27. The molecule has 2 fully saturated rings. The summed E-state index contributed by atoms with van der Waals surface area (Å²) in [6, 6.07) is 10.8. The van der Waals surface area contributed by atoms with Gasteiger partial charge in [0.15, 0.2) is 0 Å². The van der Waals surface area contributed by atoms with Gasteiger partial charge in [-0.2, -0.15) is 11.8 Å². The van der Waals surface area contributed by atoms with Crippen molar-refractivity contribution in [3.63, 3.8) is 0 Å². The van der Waals surface area contributed by atoms with Crippen LogP contribution in [-0.4, -0.2) is 65.5 Å². The van der Waals surface area contributed by atoms with E-state index in [-0.39, 0.29) is 12.0 Å². The molecule has 25 heavy (non-hydrogen) atoms. The van der Waals surface area contributed by atoms with Gasteiger partial charge in [-0.05, 0) is 23.7 Å². The number of hydrogen-bond donors (Lipinski definition) is 0. The standard InChI is InChI=1S/C20H30N2O2S/c1-16(2)10-22-12-19(24-14-17-6-4-3-5-7-17)11-21(13-20(22)23)18-8-9-25-15-18/h3-7,16,18-19H,8-15H2,1-2H3/t18-,19-/m0/s1. The van der Waals surface area contributed by atoms with E-state index in [0.717, 1.165) is 18.8 Å². The predicted molar refractivity (Wildman–Crippen MR) is 104 cm³/mol. The second kappa shape index (κ2) is 9.06. The molecule has 0 aliphatic carbocycles. The van der Waals surface area contributed by atoms with Gasteiger partial charge in [0.2, 0.25) is 5.91 Å². The molecule has 2 heterocycles. The lowest BCUT2D eigenvalue weighted by atomic mass is 10.2. The molecule has 0 saturated carbocycles. The average molecular weight is 363 g/mol. The summed E-state index contributed by atoms with van der Waals surface area (Å²) >= 11 is 2.00. The normalized spacial score (nSPS) is 25.6. The first-order chi connectivity index (χ1) is 12.1. The van der Waals surface area contributed by atoms with Crippen LogP contribution in [0.25, 0.3) is 0 Å². The fraction of sp³-hybridized carbons (Fsp3) is 0.650. The van der Waals surface area contributed by atoms with Gasteiger partial charge in [0.1, 0.15) is 0 Å². The molecule has 2 aliphatic heterocycles. The number of carbonyl (C=O) groups excluding carboxylic acids is 1. The molecule has 2 saturated heterocycles. The van der Waals surface area contributed by atoms with Gasteiger partial charge in [0.05, 0.1) is 19.3 Å². The van der Waals surface area contributed by atoms with Crippen LogP contribution in [0.3, 0.4) is 0 Å². The SMILES string of the molecule is CC(C)CN1C[C@@H](OCc2ccccc2)CN([C@H]2CCSC2)CC1=O. The van der Waals surface area contributed by atoms with E-state index >= 15 is 0 Å². The summed E-state index contributed by atoms with van der Waals surface area (Å²) < 4.78 is 6.26. The van der Waals surface area contributed by atoms with E-state index < -0.39 is 0 Å². The maximum absolute atomic E-state index is 12.8. The van der Waals surface area contributed by atoms with Crippen molar-refractivity contribution in [3.8, 4) is 0 Å². The molecule has 4 nitrogen and oxygen atoms in total. The second-order valence-electron chi connectivity index (χ2n) is 7.56.